The second-order valence-corrected chi connectivity index (χ2v) is 0.811. The van der Waals surface area contributed by atoms with E-state index in [0.29, 0.717) is 0 Å². The molecule has 0 radical (unpaired) electrons. The number of hydrogen-bond acceptors (Lipinski definition) is 0. The standard InChI is InChI=1S/C4H4N/c1-2-4-5-3-1/h1,3-5H/q-1. The lowest BCUT2D eigenvalue weighted by atomic mass is 10.7. The number of rotatable bonds is 0. The van der Waals surface area contributed by atoms with Crippen LogP contribution in [0.25, 0.3) is 0 Å². The summed E-state index contributed by atoms with van der Waals surface area (Å²) >= 11 is 0. The van der Waals surface area contributed by atoms with Crippen LogP contribution in [0.15, 0.2) is 18.5 Å². The summed E-state index contributed by atoms with van der Waals surface area (Å²) in [7, 11) is 0. The van der Waals surface area contributed by atoms with Gasteiger partial charge in [-0.3, -0.25) is 0 Å². The predicted octanol–water partition coefficient (Wildman–Crippen LogP) is 0.815. The Bertz CT molecular complexity index is 60.1. The molecule has 1 aromatic heterocycles. The lowest BCUT2D eigenvalue weighted by molar-refractivity contribution is 1.41. The third-order valence-electron chi connectivity index (χ3n) is 0.442. The molecular formula is C4H4N-. The van der Waals surface area contributed by atoms with Gasteiger partial charge in [-0.2, -0.15) is 0 Å². The van der Waals surface area contributed by atoms with E-state index >= 15 is 0 Å². The van der Waals surface area contributed by atoms with Gasteiger partial charge in [0.05, 0.1) is 0 Å². The highest BCUT2D eigenvalue weighted by Gasteiger charge is 1.41. The van der Waals surface area contributed by atoms with Crippen molar-refractivity contribution in [3.63, 3.8) is 0 Å². The van der Waals surface area contributed by atoms with Gasteiger partial charge in [0, 0.05) is 0 Å². The van der Waals surface area contributed by atoms with Crippen LogP contribution in [0.1, 0.15) is 0 Å². The van der Waals surface area contributed by atoms with E-state index in [1.54, 1.807) is 6.20 Å². The fourth-order valence-electron chi connectivity index (χ4n) is 0.241. The molecule has 0 atom stereocenters. The lowest BCUT2D eigenvalue weighted by Gasteiger charge is -1.60. The van der Waals surface area contributed by atoms with Crippen LogP contribution in [0.4, 0.5) is 0 Å². The zero-order valence-electron chi connectivity index (χ0n) is 2.73. The molecule has 0 unspecified atom stereocenters. The highest BCUT2D eigenvalue weighted by molar-refractivity contribution is 4.82. The Morgan fingerprint density at radius 2 is 2.60 bits per heavy atom. The van der Waals surface area contributed by atoms with Gasteiger partial charge in [0.15, 0.2) is 0 Å². The molecule has 5 heavy (non-hydrogen) atoms. The van der Waals surface area contributed by atoms with Gasteiger partial charge in [0.2, 0.25) is 0 Å². The van der Waals surface area contributed by atoms with Crippen LogP contribution in [0, 0.1) is 6.07 Å². The minimum absolute atomic E-state index is 1.75. The van der Waals surface area contributed by atoms with Gasteiger partial charge in [-0.15, -0.1) is 12.4 Å². The van der Waals surface area contributed by atoms with E-state index < -0.39 is 0 Å². The van der Waals surface area contributed by atoms with Crippen molar-refractivity contribution in [1.29, 1.82) is 0 Å². The van der Waals surface area contributed by atoms with Gasteiger partial charge >= 0.3 is 0 Å². The summed E-state index contributed by atoms with van der Waals surface area (Å²) in [5.74, 6) is 0. The van der Waals surface area contributed by atoms with Crippen LogP contribution in [0.2, 0.25) is 0 Å². The number of H-pyrrole nitrogens is 1. The van der Waals surface area contributed by atoms with Gasteiger partial charge in [-0.25, -0.2) is 12.1 Å². The normalized spacial score (nSPS) is 8.00. The van der Waals surface area contributed by atoms with Gasteiger partial charge < -0.3 is 4.98 Å². The third kappa shape index (κ3) is 0.293. The molecule has 0 spiro atoms. The minimum Gasteiger partial charge on any atom is -0.461 e. The Morgan fingerprint density at radius 1 is 1.60 bits per heavy atom. The van der Waals surface area contributed by atoms with Crippen molar-refractivity contribution < 1.29 is 0 Å². The Balaban J connectivity index is 3.13. The molecule has 0 aliphatic carbocycles. The summed E-state index contributed by atoms with van der Waals surface area (Å²) in [6.07, 6.45) is 3.57. The van der Waals surface area contributed by atoms with E-state index in [0.717, 1.165) is 0 Å². The summed E-state index contributed by atoms with van der Waals surface area (Å²) < 4.78 is 0. The Hall–Kier alpha value is -0.720. The maximum absolute atomic E-state index is 2.81. The first-order valence-corrected chi connectivity index (χ1v) is 1.49. The number of hydrogen-bond donors (Lipinski definition) is 1. The second-order valence-electron chi connectivity index (χ2n) is 0.811. The molecule has 0 saturated heterocycles. The summed E-state index contributed by atoms with van der Waals surface area (Å²) in [6.45, 7) is 0. The summed E-state index contributed by atoms with van der Waals surface area (Å²) in [5, 5.41) is 0. The summed E-state index contributed by atoms with van der Waals surface area (Å²) in [6, 6.07) is 4.62. The van der Waals surface area contributed by atoms with Crippen molar-refractivity contribution >= 4 is 0 Å². The highest BCUT2D eigenvalue weighted by Crippen LogP contribution is 1.70. The van der Waals surface area contributed by atoms with Crippen LogP contribution in [-0.2, 0) is 0 Å². The van der Waals surface area contributed by atoms with Gasteiger partial charge in [-0.1, -0.05) is 0 Å². The van der Waals surface area contributed by atoms with Gasteiger partial charge in [0.25, 0.3) is 0 Å². The van der Waals surface area contributed by atoms with E-state index in [4.69, 9.17) is 0 Å². The topological polar surface area (TPSA) is 15.8 Å². The largest absolute Gasteiger partial charge is 0.461 e. The molecule has 1 heterocycles. The maximum Gasteiger partial charge on any atom is -0.110 e. The molecule has 0 aliphatic rings. The Morgan fingerprint density at radius 3 is 2.80 bits per heavy atom. The van der Waals surface area contributed by atoms with E-state index in [1.807, 2.05) is 12.3 Å². The first-order valence-electron chi connectivity index (χ1n) is 1.49. The molecular weight excluding hydrogens is 62.1 g/mol. The molecule has 1 rings (SSSR count). The second kappa shape index (κ2) is 0.931. The van der Waals surface area contributed by atoms with Crippen LogP contribution in [0.3, 0.4) is 0 Å². The minimum atomic E-state index is 1.75. The number of aromatic amines is 1. The molecule has 0 fully saturated rings. The molecule has 0 saturated carbocycles. The smallest absolute Gasteiger partial charge is 0.110 e. The van der Waals surface area contributed by atoms with Crippen molar-refractivity contribution in [3.8, 4) is 0 Å². The zero-order valence-corrected chi connectivity index (χ0v) is 2.73. The first kappa shape index (κ1) is 2.51. The van der Waals surface area contributed by atoms with Crippen molar-refractivity contribution in [1.82, 2.24) is 4.98 Å². The average Bonchev–Trinajstić information content (AvgIpc) is 1.76. The third-order valence-corrected chi connectivity index (χ3v) is 0.442. The molecule has 0 aliphatic heterocycles. The summed E-state index contributed by atoms with van der Waals surface area (Å²) in [4.78, 5) is 2.81. The van der Waals surface area contributed by atoms with Crippen molar-refractivity contribution in [2.75, 3.05) is 0 Å². The monoisotopic (exact) mass is 66.0 g/mol. The van der Waals surface area contributed by atoms with Crippen LogP contribution < -0.4 is 0 Å². The fraction of sp³-hybridized carbons (Fsp3) is 0. The van der Waals surface area contributed by atoms with Crippen molar-refractivity contribution in [2.45, 2.75) is 0 Å². The van der Waals surface area contributed by atoms with E-state index in [2.05, 4.69) is 11.1 Å². The quantitative estimate of drug-likeness (QED) is 0.431. The van der Waals surface area contributed by atoms with Gasteiger partial charge in [-0.05, 0) is 0 Å². The Kier molecular flexibility index (Phi) is 0.468. The zero-order chi connectivity index (χ0) is 3.54. The summed E-state index contributed by atoms with van der Waals surface area (Å²) in [5.41, 5.74) is 0. The van der Waals surface area contributed by atoms with E-state index in [-0.39, 0.29) is 0 Å². The molecule has 1 aromatic rings. The van der Waals surface area contributed by atoms with Crippen LogP contribution in [-0.4, -0.2) is 4.98 Å². The SMILES string of the molecule is [c-]1cc[nH]c1. The predicted molar refractivity (Wildman–Crippen MR) is 19.6 cm³/mol. The highest BCUT2D eigenvalue weighted by atomic mass is 14.6. The molecule has 0 amide bonds. The van der Waals surface area contributed by atoms with Crippen LogP contribution >= 0.6 is 0 Å². The lowest BCUT2D eigenvalue weighted by Crippen LogP contribution is -1.38. The molecule has 26 valence electrons. The van der Waals surface area contributed by atoms with E-state index in [9.17, 15) is 0 Å². The molecule has 0 aromatic carbocycles. The average molecular weight is 66.1 g/mol. The molecule has 0 bridgehead atoms. The number of nitrogens with one attached hydrogen (secondary N) is 1. The number of aromatic nitrogens is 1. The fourth-order valence-corrected chi connectivity index (χ4v) is 0.241. The first-order chi connectivity index (χ1) is 2.50. The van der Waals surface area contributed by atoms with Crippen molar-refractivity contribution in [3.05, 3.63) is 24.5 Å². The van der Waals surface area contributed by atoms with Crippen LogP contribution in [0.5, 0.6) is 0 Å². The van der Waals surface area contributed by atoms with E-state index in [1.165, 1.54) is 0 Å². The van der Waals surface area contributed by atoms with Gasteiger partial charge in [0.1, 0.15) is 0 Å². The van der Waals surface area contributed by atoms with Crippen molar-refractivity contribution in [2.24, 2.45) is 0 Å². The molecule has 1 heteroatoms. The Labute approximate surface area is 30.6 Å². The molecule has 1 nitrogen and oxygen atoms in total. The molecule has 1 N–H and O–H groups in total. The maximum atomic E-state index is 2.81.